The van der Waals surface area contributed by atoms with Crippen LogP contribution in [0.4, 0.5) is 5.82 Å². The number of amidine groups is 1. The third-order valence-electron chi connectivity index (χ3n) is 1.24. The number of anilines is 1. The number of oxime groups is 1. The summed E-state index contributed by atoms with van der Waals surface area (Å²) >= 11 is 0. The van der Waals surface area contributed by atoms with Crippen LogP contribution in [0, 0.1) is 0 Å². The van der Waals surface area contributed by atoms with Crippen molar-refractivity contribution in [1.29, 1.82) is 0 Å². The standard InChI is InChI=1S/C7H9N5O2/c1-4(13)14-12-7(9)5-6(8)11-3-2-10-5/h2-3H,1H3,(H2,8,11)(H2,9,12). The van der Waals surface area contributed by atoms with Gasteiger partial charge in [0.15, 0.2) is 17.3 Å². The smallest absolute Gasteiger partial charge is 0.332 e. The Morgan fingerprint density at radius 3 is 2.71 bits per heavy atom. The molecule has 1 aromatic heterocycles. The van der Waals surface area contributed by atoms with E-state index >= 15 is 0 Å². The highest BCUT2D eigenvalue weighted by atomic mass is 16.7. The van der Waals surface area contributed by atoms with Gasteiger partial charge < -0.3 is 16.3 Å². The Labute approximate surface area is 79.8 Å². The summed E-state index contributed by atoms with van der Waals surface area (Å²) < 4.78 is 0. The van der Waals surface area contributed by atoms with Gasteiger partial charge in [-0.3, -0.25) is 0 Å². The number of hydrogen-bond donors (Lipinski definition) is 2. The molecule has 0 bridgehead atoms. The zero-order valence-electron chi connectivity index (χ0n) is 7.47. The van der Waals surface area contributed by atoms with Crippen LogP contribution in [0.3, 0.4) is 0 Å². The number of nitrogen functional groups attached to an aromatic ring is 1. The molecule has 74 valence electrons. The highest BCUT2D eigenvalue weighted by molar-refractivity contribution is 5.99. The summed E-state index contributed by atoms with van der Waals surface area (Å²) in [5.41, 5.74) is 11.1. The molecule has 7 nitrogen and oxygen atoms in total. The van der Waals surface area contributed by atoms with Crippen LogP contribution in [-0.4, -0.2) is 21.8 Å². The second-order valence-corrected chi connectivity index (χ2v) is 2.35. The topological polar surface area (TPSA) is 116 Å². The van der Waals surface area contributed by atoms with E-state index in [9.17, 15) is 4.79 Å². The SMILES string of the molecule is CC(=O)O/N=C(\N)c1nccnc1N. The average Bonchev–Trinajstić information content (AvgIpc) is 2.15. The van der Waals surface area contributed by atoms with Crippen molar-refractivity contribution in [3.63, 3.8) is 0 Å². The monoisotopic (exact) mass is 195 g/mol. The molecule has 0 aliphatic rings. The molecule has 1 rings (SSSR count). The van der Waals surface area contributed by atoms with E-state index in [0.717, 1.165) is 0 Å². The first-order valence-corrected chi connectivity index (χ1v) is 3.69. The summed E-state index contributed by atoms with van der Waals surface area (Å²) in [6, 6.07) is 0. The summed E-state index contributed by atoms with van der Waals surface area (Å²) in [6.45, 7) is 1.21. The number of nitrogens with two attached hydrogens (primary N) is 2. The molecule has 0 aromatic carbocycles. The molecule has 0 radical (unpaired) electrons. The minimum Gasteiger partial charge on any atom is -0.382 e. The molecule has 0 spiro atoms. The maximum atomic E-state index is 10.4. The average molecular weight is 195 g/mol. The van der Waals surface area contributed by atoms with Gasteiger partial charge in [0.1, 0.15) is 0 Å². The van der Waals surface area contributed by atoms with E-state index in [4.69, 9.17) is 11.5 Å². The second-order valence-electron chi connectivity index (χ2n) is 2.35. The minimum absolute atomic E-state index is 0.0919. The minimum atomic E-state index is -0.574. The lowest BCUT2D eigenvalue weighted by atomic mass is 10.4. The van der Waals surface area contributed by atoms with Gasteiger partial charge in [0, 0.05) is 19.3 Å². The van der Waals surface area contributed by atoms with Crippen molar-refractivity contribution in [3.8, 4) is 0 Å². The summed E-state index contributed by atoms with van der Waals surface area (Å²) in [4.78, 5) is 22.3. The van der Waals surface area contributed by atoms with Gasteiger partial charge in [0.2, 0.25) is 0 Å². The Bertz CT molecular complexity index is 376. The first-order valence-electron chi connectivity index (χ1n) is 3.69. The maximum absolute atomic E-state index is 10.4. The molecule has 7 heteroatoms. The predicted octanol–water partition coefficient (Wildman–Crippen LogP) is -0.758. The fraction of sp³-hybridized carbons (Fsp3) is 0.143. The first-order chi connectivity index (χ1) is 6.61. The Kier molecular flexibility index (Phi) is 2.95. The summed E-state index contributed by atoms with van der Waals surface area (Å²) in [6.07, 6.45) is 2.82. The Balaban J connectivity index is 2.89. The lowest BCUT2D eigenvalue weighted by Gasteiger charge is -2.00. The molecular formula is C7H9N5O2. The Morgan fingerprint density at radius 1 is 1.50 bits per heavy atom. The normalized spacial score (nSPS) is 11.1. The molecular weight excluding hydrogens is 186 g/mol. The van der Waals surface area contributed by atoms with Gasteiger partial charge in [0.25, 0.3) is 0 Å². The first kappa shape index (κ1) is 9.90. The molecule has 14 heavy (non-hydrogen) atoms. The number of hydrogen-bond acceptors (Lipinski definition) is 6. The van der Waals surface area contributed by atoms with Crippen molar-refractivity contribution in [2.24, 2.45) is 10.9 Å². The fourth-order valence-corrected chi connectivity index (χ4v) is 0.703. The van der Waals surface area contributed by atoms with Crippen LogP contribution in [0.15, 0.2) is 17.5 Å². The summed E-state index contributed by atoms with van der Waals surface area (Å²) in [5.74, 6) is -0.540. The predicted molar refractivity (Wildman–Crippen MR) is 48.9 cm³/mol. The van der Waals surface area contributed by atoms with E-state index in [1.807, 2.05) is 0 Å². The van der Waals surface area contributed by atoms with Crippen LogP contribution in [-0.2, 0) is 9.63 Å². The van der Waals surface area contributed by atoms with Crippen molar-refractivity contribution in [1.82, 2.24) is 9.97 Å². The molecule has 0 saturated carbocycles. The van der Waals surface area contributed by atoms with Crippen molar-refractivity contribution < 1.29 is 9.63 Å². The van der Waals surface area contributed by atoms with E-state index in [0.29, 0.717) is 0 Å². The number of nitrogens with zero attached hydrogens (tertiary/aromatic N) is 3. The van der Waals surface area contributed by atoms with Gasteiger partial charge >= 0.3 is 5.97 Å². The number of aromatic nitrogens is 2. The van der Waals surface area contributed by atoms with Crippen molar-refractivity contribution in [3.05, 3.63) is 18.1 Å². The largest absolute Gasteiger partial charge is 0.382 e. The van der Waals surface area contributed by atoms with Crippen molar-refractivity contribution in [2.75, 3.05) is 5.73 Å². The number of carbonyl (C=O) groups excluding carboxylic acids is 1. The molecule has 0 atom stereocenters. The van der Waals surface area contributed by atoms with Gasteiger partial charge in [-0.25, -0.2) is 14.8 Å². The lowest BCUT2D eigenvalue weighted by molar-refractivity contribution is -0.140. The molecule has 1 heterocycles. The maximum Gasteiger partial charge on any atom is 0.332 e. The number of carbonyl (C=O) groups is 1. The van der Waals surface area contributed by atoms with Crippen LogP contribution in [0.2, 0.25) is 0 Å². The van der Waals surface area contributed by atoms with Crippen LogP contribution >= 0.6 is 0 Å². The zero-order chi connectivity index (χ0) is 10.6. The van der Waals surface area contributed by atoms with Gasteiger partial charge in [-0.15, -0.1) is 0 Å². The third-order valence-corrected chi connectivity index (χ3v) is 1.24. The van der Waals surface area contributed by atoms with E-state index < -0.39 is 5.97 Å². The Morgan fingerprint density at radius 2 is 2.14 bits per heavy atom. The molecule has 0 aliphatic heterocycles. The molecule has 0 amide bonds. The lowest BCUT2D eigenvalue weighted by Crippen LogP contribution is -2.18. The quantitative estimate of drug-likeness (QED) is 0.277. The van der Waals surface area contributed by atoms with Crippen molar-refractivity contribution >= 4 is 17.6 Å². The van der Waals surface area contributed by atoms with Crippen LogP contribution in [0.1, 0.15) is 12.6 Å². The van der Waals surface area contributed by atoms with Gasteiger partial charge in [-0.2, -0.15) is 0 Å². The fourth-order valence-electron chi connectivity index (χ4n) is 0.703. The molecule has 0 unspecified atom stereocenters. The molecule has 0 fully saturated rings. The second kappa shape index (κ2) is 4.17. The summed E-state index contributed by atoms with van der Waals surface area (Å²) in [7, 11) is 0. The third kappa shape index (κ3) is 2.41. The number of rotatable bonds is 2. The van der Waals surface area contributed by atoms with Crippen LogP contribution in [0.25, 0.3) is 0 Å². The van der Waals surface area contributed by atoms with E-state index in [-0.39, 0.29) is 17.3 Å². The highest BCUT2D eigenvalue weighted by Crippen LogP contribution is 2.01. The van der Waals surface area contributed by atoms with Crippen molar-refractivity contribution in [2.45, 2.75) is 6.92 Å². The van der Waals surface area contributed by atoms with Gasteiger partial charge in [-0.05, 0) is 0 Å². The summed E-state index contributed by atoms with van der Waals surface area (Å²) in [5, 5.41) is 3.32. The van der Waals surface area contributed by atoms with Crippen LogP contribution < -0.4 is 11.5 Å². The Hall–Kier alpha value is -2.18. The zero-order valence-corrected chi connectivity index (χ0v) is 7.47. The van der Waals surface area contributed by atoms with Gasteiger partial charge in [-0.1, -0.05) is 5.16 Å². The highest BCUT2D eigenvalue weighted by Gasteiger charge is 2.06. The molecule has 0 saturated heterocycles. The molecule has 0 aliphatic carbocycles. The molecule has 1 aromatic rings. The van der Waals surface area contributed by atoms with Gasteiger partial charge in [0.05, 0.1) is 0 Å². The van der Waals surface area contributed by atoms with E-state index in [2.05, 4.69) is 20.0 Å². The van der Waals surface area contributed by atoms with E-state index in [1.165, 1.54) is 19.3 Å². The molecule has 4 N–H and O–H groups in total. The van der Waals surface area contributed by atoms with E-state index in [1.54, 1.807) is 0 Å². The van der Waals surface area contributed by atoms with Crippen LogP contribution in [0.5, 0.6) is 0 Å².